The Balaban J connectivity index is 1.73. The summed E-state index contributed by atoms with van der Waals surface area (Å²) in [6, 6.07) is 0. The first-order valence-electron chi connectivity index (χ1n) is 6.77. The van der Waals surface area contributed by atoms with Gasteiger partial charge < -0.3 is 15.3 Å². The summed E-state index contributed by atoms with van der Waals surface area (Å²) in [5.41, 5.74) is 0. The van der Waals surface area contributed by atoms with Crippen LogP contribution in [0.1, 0.15) is 25.7 Å². The number of nitrogens with zero attached hydrogens (tertiary/aromatic N) is 4. The van der Waals surface area contributed by atoms with Crippen LogP contribution in [0, 0.1) is 0 Å². The lowest BCUT2D eigenvalue weighted by molar-refractivity contribution is -0.138. The molecular formula is C12H19N5O3. The van der Waals surface area contributed by atoms with Gasteiger partial charge in [0.2, 0.25) is 5.91 Å². The molecule has 0 spiro atoms. The largest absolute Gasteiger partial charge is 0.480 e. The molecule has 0 saturated carbocycles. The maximum absolute atomic E-state index is 11.8. The Morgan fingerprint density at radius 2 is 2.05 bits per heavy atom. The molecule has 1 aliphatic rings. The summed E-state index contributed by atoms with van der Waals surface area (Å²) in [5, 5.41) is 18.8. The molecule has 8 heteroatoms. The number of carbonyl (C=O) groups excluding carboxylic acids is 1. The third kappa shape index (κ3) is 4.61. The quantitative estimate of drug-likeness (QED) is 0.771. The fraction of sp³-hybridized carbons (Fsp3) is 0.667. The lowest BCUT2D eigenvalue weighted by Gasteiger charge is -2.25. The first-order chi connectivity index (χ1) is 9.63. The average Bonchev–Trinajstić information content (AvgIpc) is 2.84. The second-order valence-corrected chi connectivity index (χ2v) is 4.85. The monoisotopic (exact) mass is 281 g/mol. The number of aromatic nitrogens is 3. The van der Waals surface area contributed by atoms with E-state index >= 15 is 0 Å². The molecule has 0 unspecified atom stereocenters. The predicted molar refractivity (Wildman–Crippen MR) is 71.2 cm³/mol. The predicted octanol–water partition coefficient (Wildman–Crippen LogP) is 0.177. The zero-order valence-corrected chi connectivity index (χ0v) is 11.3. The van der Waals surface area contributed by atoms with Gasteiger partial charge in [-0.2, -0.15) is 9.90 Å². The zero-order valence-electron chi connectivity index (χ0n) is 11.3. The van der Waals surface area contributed by atoms with E-state index in [0.717, 1.165) is 24.4 Å². The first-order valence-corrected chi connectivity index (χ1v) is 6.77. The molecule has 1 aromatic heterocycles. The second kappa shape index (κ2) is 6.99. The van der Waals surface area contributed by atoms with E-state index in [1.165, 1.54) is 25.5 Å². The van der Waals surface area contributed by atoms with Crippen molar-refractivity contribution in [3.8, 4) is 0 Å². The molecule has 0 aliphatic carbocycles. The Morgan fingerprint density at radius 3 is 2.75 bits per heavy atom. The summed E-state index contributed by atoms with van der Waals surface area (Å²) in [5.74, 6) is -0.864. The van der Waals surface area contributed by atoms with E-state index in [1.54, 1.807) is 0 Å². The van der Waals surface area contributed by atoms with E-state index in [2.05, 4.69) is 20.4 Å². The fourth-order valence-corrected chi connectivity index (χ4v) is 2.20. The van der Waals surface area contributed by atoms with E-state index < -0.39 is 5.97 Å². The van der Waals surface area contributed by atoms with Crippen LogP contribution in [0.5, 0.6) is 0 Å². The third-order valence-electron chi connectivity index (χ3n) is 3.18. The number of anilines is 1. The Bertz CT molecular complexity index is 467. The molecule has 110 valence electrons. The molecule has 1 aromatic rings. The first kappa shape index (κ1) is 14.4. The van der Waals surface area contributed by atoms with Gasteiger partial charge in [0.15, 0.2) is 12.4 Å². The van der Waals surface area contributed by atoms with Gasteiger partial charge in [-0.15, -0.1) is 5.10 Å². The molecule has 0 aromatic carbocycles. The van der Waals surface area contributed by atoms with Crippen LogP contribution >= 0.6 is 0 Å². The van der Waals surface area contributed by atoms with Crippen molar-refractivity contribution < 1.29 is 14.7 Å². The number of carbonyl (C=O) groups is 2. The Kier molecular flexibility index (Phi) is 5.05. The summed E-state index contributed by atoms with van der Waals surface area (Å²) in [4.78, 5) is 25.6. The Labute approximate surface area is 116 Å². The van der Waals surface area contributed by atoms with Crippen LogP contribution in [0.3, 0.4) is 0 Å². The summed E-state index contributed by atoms with van der Waals surface area (Å²) in [6.45, 7) is 2.54. The van der Waals surface area contributed by atoms with Crippen molar-refractivity contribution in [2.75, 3.05) is 25.0 Å². The highest BCUT2D eigenvalue weighted by atomic mass is 16.4. The fourth-order valence-electron chi connectivity index (χ4n) is 2.20. The highest BCUT2D eigenvalue weighted by Crippen LogP contribution is 2.09. The lowest BCUT2D eigenvalue weighted by atomic mass is 10.1. The molecule has 2 N–H and O–H groups in total. The van der Waals surface area contributed by atoms with Gasteiger partial charge in [0.1, 0.15) is 0 Å². The van der Waals surface area contributed by atoms with E-state index in [1.807, 2.05) is 0 Å². The van der Waals surface area contributed by atoms with Crippen LogP contribution in [0.15, 0.2) is 6.20 Å². The number of nitrogens with one attached hydrogen (secondary N) is 1. The summed E-state index contributed by atoms with van der Waals surface area (Å²) >= 11 is 0. The summed E-state index contributed by atoms with van der Waals surface area (Å²) in [7, 11) is 0. The van der Waals surface area contributed by atoms with Crippen LogP contribution in [0.2, 0.25) is 0 Å². The molecule has 1 aliphatic heterocycles. The van der Waals surface area contributed by atoms with Gasteiger partial charge in [-0.1, -0.05) is 6.42 Å². The molecular weight excluding hydrogens is 262 g/mol. The van der Waals surface area contributed by atoms with Crippen molar-refractivity contribution in [1.82, 2.24) is 19.9 Å². The highest BCUT2D eigenvalue weighted by molar-refractivity contribution is 5.89. The molecule has 1 fully saturated rings. The number of amides is 1. The minimum Gasteiger partial charge on any atom is -0.480 e. The smallest absolute Gasteiger partial charge is 0.327 e. The van der Waals surface area contributed by atoms with E-state index in [-0.39, 0.29) is 18.3 Å². The third-order valence-corrected chi connectivity index (χ3v) is 3.18. The zero-order chi connectivity index (χ0) is 14.4. The van der Waals surface area contributed by atoms with Gasteiger partial charge in [-0.3, -0.25) is 9.59 Å². The molecule has 1 amide bonds. The SMILES string of the molecule is O=C(O)Cn1ncc(NC(=O)CCN2CCCCC2)n1. The van der Waals surface area contributed by atoms with Gasteiger partial charge in [0.05, 0.1) is 6.20 Å². The van der Waals surface area contributed by atoms with Gasteiger partial charge in [-0.05, 0) is 25.9 Å². The second-order valence-electron chi connectivity index (χ2n) is 4.85. The van der Waals surface area contributed by atoms with E-state index in [4.69, 9.17) is 5.11 Å². The number of hydrogen-bond donors (Lipinski definition) is 2. The number of likely N-dealkylation sites (tertiary alicyclic amines) is 1. The van der Waals surface area contributed by atoms with Gasteiger partial charge in [0.25, 0.3) is 0 Å². The summed E-state index contributed by atoms with van der Waals surface area (Å²) in [6.07, 6.45) is 5.43. The van der Waals surface area contributed by atoms with Gasteiger partial charge in [-0.25, -0.2) is 0 Å². The van der Waals surface area contributed by atoms with Crippen LogP contribution in [-0.4, -0.2) is 56.5 Å². The molecule has 8 nitrogen and oxygen atoms in total. The molecule has 20 heavy (non-hydrogen) atoms. The minimum atomic E-state index is -1.02. The van der Waals surface area contributed by atoms with E-state index in [9.17, 15) is 9.59 Å². The maximum atomic E-state index is 11.8. The van der Waals surface area contributed by atoms with Crippen molar-refractivity contribution in [3.05, 3.63) is 6.20 Å². The number of carboxylic acids is 1. The average molecular weight is 281 g/mol. The minimum absolute atomic E-state index is 0.127. The van der Waals surface area contributed by atoms with Crippen molar-refractivity contribution in [2.24, 2.45) is 0 Å². The van der Waals surface area contributed by atoms with Crippen molar-refractivity contribution >= 4 is 17.7 Å². The number of hydrogen-bond acceptors (Lipinski definition) is 5. The normalized spacial score (nSPS) is 16.0. The molecule has 2 heterocycles. The Morgan fingerprint density at radius 1 is 1.30 bits per heavy atom. The van der Waals surface area contributed by atoms with E-state index in [0.29, 0.717) is 6.42 Å². The molecule has 0 atom stereocenters. The lowest BCUT2D eigenvalue weighted by Crippen LogP contribution is -2.32. The molecule has 0 bridgehead atoms. The van der Waals surface area contributed by atoms with Crippen LogP contribution in [0.4, 0.5) is 5.82 Å². The van der Waals surface area contributed by atoms with Gasteiger partial charge >= 0.3 is 5.97 Å². The Hall–Kier alpha value is -1.96. The molecule has 1 saturated heterocycles. The maximum Gasteiger partial charge on any atom is 0.327 e. The number of aliphatic carboxylic acids is 1. The standard InChI is InChI=1S/C12H19N5O3/c18-11(4-7-16-5-2-1-3-6-16)14-10-8-13-17(15-10)9-12(19)20/h8H,1-7,9H2,(H,19,20)(H,14,15,18). The van der Waals surface area contributed by atoms with Crippen molar-refractivity contribution in [1.29, 1.82) is 0 Å². The highest BCUT2D eigenvalue weighted by Gasteiger charge is 2.12. The number of piperidine rings is 1. The number of rotatable bonds is 6. The number of carboxylic acid groups (broad SMARTS) is 1. The summed E-state index contributed by atoms with van der Waals surface area (Å²) < 4.78 is 0. The van der Waals surface area contributed by atoms with Crippen LogP contribution in [0.25, 0.3) is 0 Å². The topological polar surface area (TPSA) is 100 Å². The van der Waals surface area contributed by atoms with Gasteiger partial charge in [0, 0.05) is 13.0 Å². The molecule has 0 radical (unpaired) electrons. The van der Waals surface area contributed by atoms with Crippen LogP contribution in [-0.2, 0) is 16.1 Å². The van der Waals surface area contributed by atoms with Crippen LogP contribution < -0.4 is 5.32 Å². The van der Waals surface area contributed by atoms with Crippen molar-refractivity contribution in [2.45, 2.75) is 32.2 Å². The molecule has 2 rings (SSSR count). The van der Waals surface area contributed by atoms with Crippen molar-refractivity contribution in [3.63, 3.8) is 0 Å².